The molecule has 0 unspecified atom stereocenters. The number of hydrogen-bond acceptors (Lipinski definition) is 1. The minimum atomic E-state index is 0.645. The van der Waals surface area contributed by atoms with Crippen molar-refractivity contribution in [2.45, 2.75) is 0 Å². The second-order valence-electron chi connectivity index (χ2n) is 2.69. The molecule has 0 spiro atoms. The van der Waals surface area contributed by atoms with Gasteiger partial charge in [0.25, 0.3) is 0 Å². The largest absolute Gasteiger partial charge is 0.354 e. The molecule has 0 amide bonds. The molecule has 0 aliphatic carbocycles. The molecule has 0 fully saturated rings. The Morgan fingerprint density at radius 2 is 1.93 bits per heavy atom. The highest BCUT2D eigenvalue weighted by molar-refractivity contribution is 6.31. The Bertz CT molecular complexity index is 477. The molecule has 2 aromatic heterocycles. The maximum atomic E-state index is 5.86. The highest BCUT2D eigenvalue weighted by atomic mass is 35.5. The monoisotopic (exact) mass is 202 g/mol. The zero-order valence-electron chi connectivity index (χ0n) is 7.29. The van der Waals surface area contributed by atoms with Crippen LogP contribution in [0.5, 0.6) is 0 Å². The molecule has 0 aromatic carbocycles. The normalized spacial score (nSPS) is 9.21. The Morgan fingerprint density at radius 3 is 2.57 bits per heavy atom. The molecular weight excluding hydrogens is 196 g/mol. The summed E-state index contributed by atoms with van der Waals surface area (Å²) in [5.41, 5.74) is 1.66. The molecule has 68 valence electrons. The number of halogens is 1. The number of H-pyrrole nitrogens is 1. The number of nitrogens with one attached hydrogen (secondary N) is 1. The summed E-state index contributed by atoms with van der Waals surface area (Å²) < 4.78 is 0. The third-order valence-corrected chi connectivity index (χ3v) is 2.02. The fourth-order valence-corrected chi connectivity index (χ4v) is 1.18. The summed E-state index contributed by atoms with van der Waals surface area (Å²) in [4.78, 5) is 6.86. The summed E-state index contributed by atoms with van der Waals surface area (Å²) in [7, 11) is 0. The number of pyridine rings is 1. The Balaban J connectivity index is 2.28. The van der Waals surface area contributed by atoms with E-state index in [-0.39, 0.29) is 0 Å². The van der Waals surface area contributed by atoms with Gasteiger partial charge in [-0.1, -0.05) is 17.5 Å². The van der Waals surface area contributed by atoms with Crippen molar-refractivity contribution in [2.75, 3.05) is 0 Å². The van der Waals surface area contributed by atoms with E-state index in [4.69, 9.17) is 11.6 Å². The van der Waals surface area contributed by atoms with Crippen molar-refractivity contribution in [1.29, 1.82) is 0 Å². The van der Waals surface area contributed by atoms with Crippen LogP contribution in [0.4, 0.5) is 0 Å². The summed E-state index contributed by atoms with van der Waals surface area (Å²) in [6.07, 6.45) is 5.18. The summed E-state index contributed by atoms with van der Waals surface area (Å²) in [5.74, 6) is 5.93. The quantitative estimate of drug-likeness (QED) is 0.654. The second-order valence-corrected chi connectivity index (χ2v) is 3.09. The van der Waals surface area contributed by atoms with Crippen LogP contribution in [0, 0.1) is 11.8 Å². The molecule has 0 aliphatic heterocycles. The Morgan fingerprint density at radius 1 is 1.14 bits per heavy atom. The van der Waals surface area contributed by atoms with E-state index in [0.717, 1.165) is 11.3 Å². The highest BCUT2D eigenvalue weighted by Crippen LogP contribution is 2.11. The molecule has 2 nitrogen and oxygen atoms in total. The van der Waals surface area contributed by atoms with Crippen LogP contribution in [0.2, 0.25) is 5.02 Å². The van der Waals surface area contributed by atoms with Crippen molar-refractivity contribution in [3.8, 4) is 11.8 Å². The van der Waals surface area contributed by atoms with Gasteiger partial charge in [0.2, 0.25) is 0 Å². The molecule has 0 saturated carbocycles. The third kappa shape index (κ3) is 1.95. The van der Waals surface area contributed by atoms with Crippen LogP contribution in [-0.4, -0.2) is 9.97 Å². The van der Waals surface area contributed by atoms with Gasteiger partial charge >= 0.3 is 0 Å². The van der Waals surface area contributed by atoms with E-state index < -0.39 is 0 Å². The van der Waals surface area contributed by atoms with Crippen LogP contribution in [0.1, 0.15) is 11.3 Å². The maximum Gasteiger partial charge on any atom is 0.109 e. The standard InChI is InChI=1S/C11H7ClN2/c12-10-5-8-14-11(10)2-1-9-3-6-13-7-4-9/h3-8,14H. The summed E-state index contributed by atoms with van der Waals surface area (Å²) in [6, 6.07) is 5.48. The average Bonchev–Trinajstić information content (AvgIpc) is 2.63. The molecule has 2 heterocycles. The SMILES string of the molecule is Clc1cc[nH]c1C#Cc1ccncc1. The number of aromatic nitrogens is 2. The van der Waals surface area contributed by atoms with Gasteiger partial charge in [-0.05, 0) is 24.1 Å². The number of nitrogens with zero attached hydrogens (tertiary/aromatic N) is 1. The molecule has 0 radical (unpaired) electrons. The zero-order valence-corrected chi connectivity index (χ0v) is 8.05. The van der Waals surface area contributed by atoms with Gasteiger partial charge in [-0.2, -0.15) is 0 Å². The molecule has 1 N–H and O–H groups in total. The lowest BCUT2D eigenvalue weighted by molar-refractivity contribution is 1.32. The van der Waals surface area contributed by atoms with Gasteiger partial charge in [-0.25, -0.2) is 0 Å². The fraction of sp³-hybridized carbons (Fsp3) is 0. The van der Waals surface area contributed by atoms with E-state index in [1.807, 2.05) is 12.1 Å². The second kappa shape index (κ2) is 3.99. The van der Waals surface area contributed by atoms with E-state index in [2.05, 4.69) is 21.8 Å². The lowest BCUT2D eigenvalue weighted by Gasteiger charge is -1.86. The minimum Gasteiger partial charge on any atom is -0.354 e. The zero-order chi connectivity index (χ0) is 9.80. The Labute approximate surface area is 86.9 Å². The van der Waals surface area contributed by atoms with Crippen molar-refractivity contribution in [3.05, 3.63) is 53.1 Å². The molecular formula is C11H7ClN2. The predicted molar refractivity (Wildman–Crippen MR) is 56.0 cm³/mol. The molecule has 0 saturated heterocycles. The van der Waals surface area contributed by atoms with Gasteiger partial charge in [0.05, 0.1) is 5.02 Å². The number of rotatable bonds is 0. The number of aromatic amines is 1. The fourth-order valence-electron chi connectivity index (χ4n) is 1.02. The van der Waals surface area contributed by atoms with Gasteiger partial charge in [0.1, 0.15) is 5.69 Å². The van der Waals surface area contributed by atoms with Gasteiger partial charge in [-0.15, -0.1) is 0 Å². The van der Waals surface area contributed by atoms with Crippen LogP contribution in [-0.2, 0) is 0 Å². The van der Waals surface area contributed by atoms with Crippen LogP contribution in [0.25, 0.3) is 0 Å². The van der Waals surface area contributed by atoms with Gasteiger partial charge < -0.3 is 4.98 Å². The van der Waals surface area contributed by atoms with Crippen LogP contribution >= 0.6 is 11.6 Å². The number of hydrogen-bond donors (Lipinski definition) is 1. The summed E-state index contributed by atoms with van der Waals surface area (Å²) in [6.45, 7) is 0. The summed E-state index contributed by atoms with van der Waals surface area (Å²) >= 11 is 5.86. The molecule has 14 heavy (non-hydrogen) atoms. The first kappa shape index (κ1) is 8.86. The van der Waals surface area contributed by atoms with Crippen LogP contribution in [0.3, 0.4) is 0 Å². The van der Waals surface area contributed by atoms with Crippen LogP contribution in [0.15, 0.2) is 36.8 Å². The topological polar surface area (TPSA) is 28.7 Å². The molecule has 2 aromatic rings. The first-order valence-corrected chi connectivity index (χ1v) is 4.49. The van der Waals surface area contributed by atoms with Gasteiger partial charge in [0, 0.05) is 24.2 Å². The molecule has 3 heteroatoms. The molecule has 0 atom stereocenters. The van der Waals surface area contributed by atoms with Crippen molar-refractivity contribution in [3.63, 3.8) is 0 Å². The van der Waals surface area contributed by atoms with E-state index in [9.17, 15) is 0 Å². The van der Waals surface area contributed by atoms with Gasteiger partial charge in [0.15, 0.2) is 0 Å². The van der Waals surface area contributed by atoms with Gasteiger partial charge in [-0.3, -0.25) is 4.98 Å². The van der Waals surface area contributed by atoms with E-state index >= 15 is 0 Å². The summed E-state index contributed by atoms with van der Waals surface area (Å²) in [5, 5.41) is 0.645. The van der Waals surface area contributed by atoms with Crippen LogP contribution < -0.4 is 0 Å². The average molecular weight is 203 g/mol. The Kier molecular flexibility index (Phi) is 2.53. The minimum absolute atomic E-state index is 0.645. The van der Waals surface area contributed by atoms with Crippen molar-refractivity contribution in [1.82, 2.24) is 9.97 Å². The smallest absolute Gasteiger partial charge is 0.109 e. The van der Waals surface area contributed by atoms with E-state index in [1.54, 1.807) is 24.7 Å². The van der Waals surface area contributed by atoms with Crippen molar-refractivity contribution in [2.24, 2.45) is 0 Å². The first-order chi connectivity index (χ1) is 6.86. The molecule has 2 rings (SSSR count). The lowest BCUT2D eigenvalue weighted by Crippen LogP contribution is -1.76. The third-order valence-electron chi connectivity index (χ3n) is 1.71. The van der Waals surface area contributed by atoms with Crippen molar-refractivity contribution < 1.29 is 0 Å². The first-order valence-electron chi connectivity index (χ1n) is 4.11. The van der Waals surface area contributed by atoms with E-state index in [1.165, 1.54) is 0 Å². The highest BCUT2D eigenvalue weighted by Gasteiger charge is 1.94. The maximum absolute atomic E-state index is 5.86. The lowest BCUT2D eigenvalue weighted by atomic mass is 10.2. The van der Waals surface area contributed by atoms with E-state index in [0.29, 0.717) is 5.02 Å². The molecule has 0 bridgehead atoms. The van der Waals surface area contributed by atoms with Crippen molar-refractivity contribution >= 4 is 11.6 Å². The molecule has 0 aliphatic rings. The Hall–Kier alpha value is -1.72. The predicted octanol–water partition coefficient (Wildman–Crippen LogP) is 2.46.